The number of rotatable bonds is 5. The van der Waals surface area contributed by atoms with Gasteiger partial charge >= 0.3 is 0 Å². The van der Waals surface area contributed by atoms with Gasteiger partial charge in [-0.15, -0.1) is 0 Å². The highest BCUT2D eigenvalue weighted by molar-refractivity contribution is 6.07. The highest BCUT2D eigenvalue weighted by atomic mass is 16.2. The number of hydrogen-bond acceptors (Lipinski definition) is 4. The lowest BCUT2D eigenvalue weighted by Crippen LogP contribution is -2.28. The molecule has 1 aromatic carbocycles. The van der Waals surface area contributed by atoms with Crippen molar-refractivity contribution < 1.29 is 14.4 Å². The van der Waals surface area contributed by atoms with E-state index in [1.54, 1.807) is 6.21 Å². The number of carbonyl (C=O) groups excluding carboxylic acids is 3. The van der Waals surface area contributed by atoms with Gasteiger partial charge < -0.3 is 10.3 Å². The molecular weight excluding hydrogens is 356 g/mol. The number of aryl methyl sites for hydroxylation is 1. The monoisotopic (exact) mass is 376 g/mol. The van der Waals surface area contributed by atoms with Crippen LogP contribution in [0.25, 0.3) is 10.9 Å². The maximum absolute atomic E-state index is 12.8. The first-order chi connectivity index (χ1) is 13.5. The predicted octanol–water partition coefficient (Wildman–Crippen LogP) is 1.66. The number of aromatic nitrogens is 1. The van der Waals surface area contributed by atoms with Crippen molar-refractivity contribution in [3.63, 3.8) is 0 Å². The van der Waals surface area contributed by atoms with E-state index in [0.717, 1.165) is 27.9 Å². The van der Waals surface area contributed by atoms with E-state index in [9.17, 15) is 14.4 Å². The van der Waals surface area contributed by atoms with E-state index in [4.69, 9.17) is 5.73 Å². The van der Waals surface area contributed by atoms with Gasteiger partial charge in [-0.2, -0.15) is 10.1 Å². The van der Waals surface area contributed by atoms with Crippen LogP contribution in [-0.2, 0) is 20.9 Å². The fraction of sp³-hybridized carbons (Fsp3) is 0.333. The maximum atomic E-state index is 12.8. The van der Waals surface area contributed by atoms with Gasteiger partial charge in [0.2, 0.25) is 5.91 Å². The molecular formula is C21H20N4O3. The molecule has 7 nitrogen and oxygen atoms in total. The number of hydrogen-bond donors (Lipinski definition) is 1. The topological polar surface area (TPSA) is 97.8 Å². The van der Waals surface area contributed by atoms with Crippen LogP contribution >= 0.6 is 0 Å². The molecule has 1 saturated heterocycles. The summed E-state index contributed by atoms with van der Waals surface area (Å²) in [6.07, 6.45) is 8.70. The fourth-order valence-corrected chi connectivity index (χ4v) is 4.91. The van der Waals surface area contributed by atoms with Crippen molar-refractivity contribution in [1.29, 1.82) is 0 Å². The van der Waals surface area contributed by atoms with Crippen molar-refractivity contribution in [1.82, 2.24) is 9.58 Å². The number of amides is 3. The van der Waals surface area contributed by atoms with Gasteiger partial charge in [-0.3, -0.25) is 14.4 Å². The number of nitrogens with zero attached hydrogens (tertiary/aromatic N) is 3. The third kappa shape index (κ3) is 2.42. The Kier molecular flexibility index (Phi) is 3.72. The molecule has 1 saturated carbocycles. The Morgan fingerprint density at radius 1 is 1.14 bits per heavy atom. The van der Waals surface area contributed by atoms with Gasteiger partial charge in [0.25, 0.3) is 11.8 Å². The number of imide groups is 1. The Morgan fingerprint density at radius 3 is 2.50 bits per heavy atom. The number of primary amides is 1. The lowest BCUT2D eigenvalue weighted by atomic mass is 9.85. The third-order valence-electron chi connectivity index (χ3n) is 6.18. The molecule has 2 N–H and O–H groups in total. The SMILES string of the molecule is NC(=O)CCn1cc(C=NN2C(=O)C3C4C=CC(C4)C3C2=O)c2ccccc21. The largest absolute Gasteiger partial charge is 0.370 e. The zero-order valence-electron chi connectivity index (χ0n) is 15.2. The molecule has 3 amide bonds. The first kappa shape index (κ1) is 16.9. The van der Waals surface area contributed by atoms with Crippen molar-refractivity contribution in [2.75, 3.05) is 0 Å². The quantitative estimate of drug-likeness (QED) is 0.488. The van der Waals surface area contributed by atoms with Crippen molar-refractivity contribution in [2.24, 2.45) is 34.5 Å². The first-order valence-electron chi connectivity index (χ1n) is 9.51. The van der Waals surface area contributed by atoms with Crippen LogP contribution in [0.4, 0.5) is 0 Å². The summed E-state index contributed by atoms with van der Waals surface area (Å²) in [7, 11) is 0. The maximum Gasteiger partial charge on any atom is 0.254 e. The highest BCUT2D eigenvalue weighted by Gasteiger charge is 2.59. The van der Waals surface area contributed by atoms with Crippen LogP contribution in [0.1, 0.15) is 18.4 Å². The summed E-state index contributed by atoms with van der Waals surface area (Å²) >= 11 is 0. The average molecular weight is 376 g/mol. The number of para-hydroxylation sites is 1. The van der Waals surface area contributed by atoms with Crippen LogP contribution < -0.4 is 5.73 Å². The van der Waals surface area contributed by atoms with Crippen LogP contribution in [0, 0.1) is 23.7 Å². The summed E-state index contributed by atoms with van der Waals surface area (Å²) < 4.78 is 1.94. The van der Waals surface area contributed by atoms with Crippen molar-refractivity contribution in [3.8, 4) is 0 Å². The molecule has 2 fully saturated rings. The summed E-state index contributed by atoms with van der Waals surface area (Å²) in [6, 6.07) is 7.73. The number of allylic oxidation sites excluding steroid dienone is 2. The Hall–Kier alpha value is -3.22. The summed E-state index contributed by atoms with van der Waals surface area (Å²) in [5.74, 6) is -0.921. The molecule has 142 valence electrons. The molecule has 5 rings (SSSR count). The van der Waals surface area contributed by atoms with Gasteiger partial charge in [0, 0.05) is 35.6 Å². The van der Waals surface area contributed by atoms with Gasteiger partial charge in [-0.05, 0) is 24.3 Å². The molecule has 1 aromatic heterocycles. The van der Waals surface area contributed by atoms with Gasteiger partial charge in [0.05, 0.1) is 18.1 Å². The van der Waals surface area contributed by atoms with Gasteiger partial charge in [0.15, 0.2) is 0 Å². The molecule has 4 atom stereocenters. The normalized spacial score (nSPS) is 28.2. The predicted molar refractivity (Wildman–Crippen MR) is 103 cm³/mol. The zero-order valence-corrected chi connectivity index (χ0v) is 15.2. The molecule has 1 aliphatic heterocycles. The number of hydrazone groups is 1. The molecule has 2 aliphatic carbocycles. The molecule has 0 radical (unpaired) electrons. The minimum absolute atomic E-state index is 0.169. The second-order valence-corrected chi connectivity index (χ2v) is 7.74. The lowest BCUT2D eigenvalue weighted by Gasteiger charge is -2.13. The fourth-order valence-electron chi connectivity index (χ4n) is 4.91. The van der Waals surface area contributed by atoms with Crippen LogP contribution in [-0.4, -0.2) is 33.5 Å². The van der Waals surface area contributed by atoms with Crippen molar-refractivity contribution >= 4 is 34.8 Å². The molecule has 7 heteroatoms. The minimum Gasteiger partial charge on any atom is -0.370 e. The number of benzene rings is 1. The van der Waals surface area contributed by atoms with E-state index in [2.05, 4.69) is 17.3 Å². The molecule has 2 bridgehead atoms. The molecule has 28 heavy (non-hydrogen) atoms. The Morgan fingerprint density at radius 2 is 1.82 bits per heavy atom. The first-order valence-corrected chi connectivity index (χ1v) is 9.51. The van der Waals surface area contributed by atoms with E-state index < -0.39 is 0 Å². The van der Waals surface area contributed by atoms with E-state index in [1.807, 2.05) is 35.0 Å². The van der Waals surface area contributed by atoms with E-state index in [-0.39, 0.29) is 47.8 Å². The Labute approximate surface area is 161 Å². The summed E-state index contributed by atoms with van der Waals surface area (Å²) in [5, 5.41) is 6.26. The summed E-state index contributed by atoms with van der Waals surface area (Å²) in [6.45, 7) is 0.463. The third-order valence-corrected chi connectivity index (χ3v) is 6.18. The van der Waals surface area contributed by atoms with E-state index in [0.29, 0.717) is 6.54 Å². The molecule has 2 heterocycles. The lowest BCUT2D eigenvalue weighted by molar-refractivity contribution is -0.140. The standard InChI is InChI=1S/C21H20N4O3/c22-17(26)7-8-24-11-14(15-3-1-2-4-16(15)24)10-23-25-20(27)18-12-5-6-13(9-12)19(18)21(25)28/h1-6,10-13,18-19H,7-9H2,(H2,22,26). The highest BCUT2D eigenvalue weighted by Crippen LogP contribution is 2.52. The van der Waals surface area contributed by atoms with E-state index >= 15 is 0 Å². The van der Waals surface area contributed by atoms with Crippen LogP contribution in [0.15, 0.2) is 47.7 Å². The molecule has 0 spiro atoms. The number of carbonyl (C=O) groups is 3. The minimum atomic E-state index is -0.365. The molecule has 4 unspecified atom stereocenters. The van der Waals surface area contributed by atoms with Gasteiger partial charge in [-0.1, -0.05) is 30.4 Å². The van der Waals surface area contributed by atoms with Crippen molar-refractivity contribution in [2.45, 2.75) is 19.4 Å². The Bertz CT molecular complexity index is 1040. The molecule has 2 aromatic rings. The van der Waals surface area contributed by atoms with Gasteiger partial charge in [0.1, 0.15) is 0 Å². The Balaban J connectivity index is 1.44. The summed E-state index contributed by atoms with van der Waals surface area (Å²) in [4.78, 5) is 36.6. The summed E-state index contributed by atoms with van der Waals surface area (Å²) in [5.41, 5.74) is 7.01. The zero-order chi connectivity index (χ0) is 19.4. The average Bonchev–Trinajstić information content (AvgIpc) is 3.42. The number of nitrogens with two attached hydrogens (primary N) is 1. The van der Waals surface area contributed by atoms with E-state index in [1.165, 1.54) is 0 Å². The molecule has 3 aliphatic rings. The second-order valence-electron chi connectivity index (χ2n) is 7.74. The van der Waals surface area contributed by atoms with Crippen molar-refractivity contribution in [3.05, 3.63) is 48.2 Å². The second kappa shape index (κ2) is 6.15. The smallest absolute Gasteiger partial charge is 0.254 e. The number of fused-ring (bicyclic) bond motifs is 6. The van der Waals surface area contributed by atoms with Crippen LogP contribution in [0.2, 0.25) is 0 Å². The van der Waals surface area contributed by atoms with Gasteiger partial charge in [-0.25, -0.2) is 0 Å². The van der Waals surface area contributed by atoms with Crippen LogP contribution in [0.3, 0.4) is 0 Å². The van der Waals surface area contributed by atoms with Crippen LogP contribution in [0.5, 0.6) is 0 Å².